The molecule has 0 bridgehead atoms. The summed E-state index contributed by atoms with van der Waals surface area (Å²) in [4.78, 5) is 22.4. The van der Waals surface area contributed by atoms with Gasteiger partial charge in [-0.1, -0.05) is 12.1 Å². The number of aromatic nitrogens is 1. The number of aryl methyl sites for hydroxylation is 2. The highest BCUT2D eigenvalue weighted by Gasteiger charge is 2.18. The van der Waals surface area contributed by atoms with E-state index in [1.54, 1.807) is 13.8 Å². The van der Waals surface area contributed by atoms with Crippen LogP contribution in [0.15, 0.2) is 4.52 Å². The number of rotatable bonds is 6. The van der Waals surface area contributed by atoms with Crippen LogP contribution >= 0.6 is 0 Å². The fraction of sp³-hybridized carbons (Fsp3) is 0.583. The fourth-order valence-electron chi connectivity index (χ4n) is 1.70. The molecule has 1 atom stereocenters. The Balaban J connectivity index is 2.49. The topological polar surface area (TPSA) is 92.4 Å². The largest absolute Gasteiger partial charge is 0.480 e. The van der Waals surface area contributed by atoms with Gasteiger partial charge in [-0.15, -0.1) is 0 Å². The first-order valence-corrected chi connectivity index (χ1v) is 5.89. The summed E-state index contributed by atoms with van der Waals surface area (Å²) in [5, 5.41) is 15.1. The molecule has 0 saturated heterocycles. The highest BCUT2D eigenvalue weighted by molar-refractivity contribution is 5.83. The van der Waals surface area contributed by atoms with Crippen LogP contribution in [0, 0.1) is 13.8 Å². The molecule has 1 heterocycles. The number of carbonyl (C=O) groups excluding carboxylic acids is 1. The van der Waals surface area contributed by atoms with E-state index in [4.69, 9.17) is 9.63 Å². The quantitative estimate of drug-likeness (QED) is 0.795. The van der Waals surface area contributed by atoms with Crippen molar-refractivity contribution in [2.75, 3.05) is 0 Å². The Labute approximate surface area is 105 Å². The van der Waals surface area contributed by atoms with E-state index in [0.29, 0.717) is 18.6 Å². The number of hydrogen-bond acceptors (Lipinski definition) is 4. The van der Waals surface area contributed by atoms with Crippen molar-refractivity contribution in [3.63, 3.8) is 0 Å². The Morgan fingerprint density at radius 1 is 1.44 bits per heavy atom. The monoisotopic (exact) mass is 254 g/mol. The van der Waals surface area contributed by atoms with Crippen molar-refractivity contribution in [2.45, 2.75) is 46.1 Å². The van der Waals surface area contributed by atoms with Gasteiger partial charge in [-0.3, -0.25) is 4.79 Å². The molecule has 0 radical (unpaired) electrons. The third-order valence-electron chi connectivity index (χ3n) is 2.82. The van der Waals surface area contributed by atoms with E-state index < -0.39 is 12.0 Å². The van der Waals surface area contributed by atoms with Gasteiger partial charge < -0.3 is 14.9 Å². The lowest BCUT2D eigenvalue weighted by molar-refractivity contribution is -0.141. The molecule has 0 aliphatic rings. The highest BCUT2D eigenvalue weighted by Crippen LogP contribution is 2.14. The van der Waals surface area contributed by atoms with Crippen LogP contribution in [0.1, 0.15) is 36.8 Å². The van der Waals surface area contributed by atoms with Crippen molar-refractivity contribution in [1.82, 2.24) is 10.5 Å². The van der Waals surface area contributed by atoms with Gasteiger partial charge in [0.1, 0.15) is 11.8 Å². The van der Waals surface area contributed by atoms with E-state index in [9.17, 15) is 9.59 Å². The van der Waals surface area contributed by atoms with E-state index in [2.05, 4.69) is 10.5 Å². The Morgan fingerprint density at radius 2 is 2.11 bits per heavy atom. The summed E-state index contributed by atoms with van der Waals surface area (Å²) >= 11 is 0. The van der Waals surface area contributed by atoms with Gasteiger partial charge in [-0.05, 0) is 26.7 Å². The van der Waals surface area contributed by atoms with E-state index in [-0.39, 0.29) is 12.3 Å². The molecule has 0 saturated carbocycles. The second-order valence-electron chi connectivity index (χ2n) is 4.17. The number of hydrogen-bond donors (Lipinski definition) is 2. The number of nitrogens with zero attached hydrogens (tertiary/aromatic N) is 1. The lowest BCUT2D eigenvalue weighted by Gasteiger charge is -2.11. The Hall–Kier alpha value is -1.85. The fourth-order valence-corrected chi connectivity index (χ4v) is 1.70. The molecule has 0 aliphatic carbocycles. The third kappa shape index (κ3) is 3.58. The Morgan fingerprint density at radius 3 is 2.56 bits per heavy atom. The Kier molecular flexibility index (Phi) is 4.88. The van der Waals surface area contributed by atoms with Gasteiger partial charge in [0.05, 0.1) is 5.69 Å². The molecule has 1 amide bonds. The molecule has 0 spiro atoms. The minimum absolute atomic E-state index is 0.229. The second kappa shape index (κ2) is 6.18. The second-order valence-corrected chi connectivity index (χ2v) is 4.17. The first kappa shape index (κ1) is 14.2. The minimum atomic E-state index is -1.01. The van der Waals surface area contributed by atoms with Crippen LogP contribution in [0.2, 0.25) is 0 Å². The lowest BCUT2D eigenvalue weighted by Crippen LogP contribution is -2.40. The zero-order chi connectivity index (χ0) is 13.7. The van der Waals surface area contributed by atoms with Crippen LogP contribution in [0.5, 0.6) is 0 Å². The maximum Gasteiger partial charge on any atom is 0.326 e. The normalized spacial score (nSPS) is 12.2. The van der Waals surface area contributed by atoms with Crippen molar-refractivity contribution in [1.29, 1.82) is 0 Å². The summed E-state index contributed by atoms with van der Waals surface area (Å²) in [5.74, 6) is -0.585. The summed E-state index contributed by atoms with van der Waals surface area (Å²) in [5.41, 5.74) is 1.68. The number of carboxylic acids is 1. The lowest BCUT2D eigenvalue weighted by atomic mass is 10.1. The van der Waals surface area contributed by atoms with Gasteiger partial charge in [-0.2, -0.15) is 0 Å². The van der Waals surface area contributed by atoms with Gasteiger partial charge in [0, 0.05) is 12.0 Å². The predicted octanol–water partition coefficient (Wildman–Crippen LogP) is 1.20. The maximum absolute atomic E-state index is 11.6. The van der Waals surface area contributed by atoms with Crippen LogP contribution in [-0.4, -0.2) is 28.2 Å². The molecule has 2 N–H and O–H groups in total. The summed E-state index contributed by atoms with van der Waals surface area (Å²) in [7, 11) is 0. The van der Waals surface area contributed by atoms with Gasteiger partial charge >= 0.3 is 5.97 Å². The SMILES string of the molecule is CCC(NC(=O)CCc1c(C)noc1C)C(=O)O. The van der Waals surface area contributed by atoms with E-state index >= 15 is 0 Å². The molecular weight excluding hydrogens is 236 g/mol. The molecule has 100 valence electrons. The minimum Gasteiger partial charge on any atom is -0.480 e. The maximum atomic E-state index is 11.6. The average molecular weight is 254 g/mol. The van der Waals surface area contributed by atoms with Gasteiger partial charge in [0.2, 0.25) is 5.91 Å². The van der Waals surface area contributed by atoms with Gasteiger partial charge in [-0.25, -0.2) is 4.79 Å². The zero-order valence-corrected chi connectivity index (χ0v) is 10.8. The molecule has 1 aromatic rings. The molecule has 6 heteroatoms. The summed E-state index contributed by atoms with van der Waals surface area (Å²) in [6.45, 7) is 5.32. The predicted molar refractivity (Wildman–Crippen MR) is 64.2 cm³/mol. The molecule has 1 rings (SSSR count). The Bertz CT molecular complexity index is 420. The standard InChI is InChI=1S/C12H18N2O4/c1-4-10(12(16)17)13-11(15)6-5-9-7(2)14-18-8(9)3/h10H,4-6H2,1-3H3,(H,13,15)(H,16,17). The zero-order valence-electron chi connectivity index (χ0n) is 10.8. The number of carbonyl (C=O) groups is 2. The molecular formula is C12H18N2O4. The van der Waals surface area contributed by atoms with Crippen LogP contribution < -0.4 is 5.32 Å². The van der Waals surface area contributed by atoms with E-state index in [1.165, 1.54) is 0 Å². The van der Waals surface area contributed by atoms with E-state index in [1.807, 2.05) is 6.92 Å². The van der Waals surface area contributed by atoms with Crippen LogP contribution in [0.25, 0.3) is 0 Å². The van der Waals surface area contributed by atoms with Gasteiger partial charge in [0.25, 0.3) is 0 Å². The first-order valence-electron chi connectivity index (χ1n) is 5.89. The van der Waals surface area contributed by atoms with Gasteiger partial charge in [0.15, 0.2) is 0 Å². The molecule has 0 aliphatic heterocycles. The highest BCUT2D eigenvalue weighted by atomic mass is 16.5. The molecule has 1 unspecified atom stereocenters. The van der Waals surface area contributed by atoms with E-state index in [0.717, 1.165) is 11.3 Å². The molecule has 0 aromatic carbocycles. The van der Waals surface area contributed by atoms with Crippen molar-refractivity contribution in [2.24, 2.45) is 0 Å². The molecule has 1 aromatic heterocycles. The number of amides is 1. The average Bonchev–Trinajstić information content (AvgIpc) is 2.63. The summed E-state index contributed by atoms with van der Waals surface area (Å²) in [6.07, 6.45) is 1.10. The van der Waals surface area contributed by atoms with Crippen LogP contribution in [-0.2, 0) is 16.0 Å². The number of carboxylic acid groups (broad SMARTS) is 1. The van der Waals surface area contributed by atoms with Crippen LogP contribution in [0.4, 0.5) is 0 Å². The smallest absolute Gasteiger partial charge is 0.326 e. The first-order chi connectivity index (χ1) is 8.45. The number of aliphatic carboxylic acids is 1. The summed E-state index contributed by atoms with van der Waals surface area (Å²) in [6, 6.07) is -0.817. The molecule has 18 heavy (non-hydrogen) atoms. The molecule has 0 fully saturated rings. The van der Waals surface area contributed by atoms with Crippen molar-refractivity contribution in [3.05, 3.63) is 17.0 Å². The molecule has 6 nitrogen and oxygen atoms in total. The van der Waals surface area contributed by atoms with Crippen molar-refractivity contribution in [3.8, 4) is 0 Å². The van der Waals surface area contributed by atoms with Crippen molar-refractivity contribution >= 4 is 11.9 Å². The third-order valence-corrected chi connectivity index (χ3v) is 2.82. The summed E-state index contributed by atoms with van der Waals surface area (Å²) < 4.78 is 4.99. The van der Waals surface area contributed by atoms with Crippen molar-refractivity contribution < 1.29 is 19.2 Å². The van der Waals surface area contributed by atoms with Crippen LogP contribution in [0.3, 0.4) is 0 Å². The number of nitrogens with one attached hydrogen (secondary N) is 1.